The molecule has 1 saturated heterocycles. The Hall–Kier alpha value is -1.15. The number of aliphatic hydroxyl groups excluding tert-OH is 1. The van der Waals surface area contributed by atoms with Crippen LogP contribution in [-0.4, -0.2) is 25.0 Å². The topological polar surface area (TPSA) is 54.4 Å². The fourth-order valence-electron chi connectivity index (χ4n) is 2.36. The fourth-order valence-corrected chi connectivity index (χ4v) is 4.19. The molecule has 3 nitrogen and oxygen atoms in total. The highest BCUT2D eigenvalue weighted by atomic mass is 32.2. The number of benzene rings is 1. The molecule has 0 saturated carbocycles. The maximum atomic E-state index is 13.0. The molecule has 8 heteroatoms. The second-order valence-electron chi connectivity index (χ2n) is 4.84. The number of sulfone groups is 1. The van der Waals surface area contributed by atoms with Crippen molar-refractivity contribution >= 4 is 9.84 Å². The zero-order chi connectivity index (χ0) is 15.1. The van der Waals surface area contributed by atoms with Gasteiger partial charge in [0.05, 0.1) is 23.2 Å². The Balaban J connectivity index is 2.38. The van der Waals surface area contributed by atoms with E-state index in [1.807, 2.05) is 0 Å². The molecular formula is C12H12F4O3S. The molecule has 2 unspecified atom stereocenters. The first kappa shape index (κ1) is 15.2. The van der Waals surface area contributed by atoms with E-state index in [-0.39, 0.29) is 17.9 Å². The van der Waals surface area contributed by atoms with Crippen LogP contribution < -0.4 is 0 Å². The Labute approximate surface area is 113 Å². The zero-order valence-corrected chi connectivity index (χ0v) is 11.0. The smallest absolute Gasteiger partial charge is 0.388 e. The summed E-state index contributed by atoms with van der Waals surface area (Å²) in [6.07, 6.45) is -6.29. The monoisotopic (exact) mass is 312 g/mol. The molecule has 112 valence electrons. The van der Waals surface area contributed by atoms with E-state index in [2.05, 4.69) is 0 Å². The van der Waals surface area contributed by atoms with Crippen molar-refractivity contribution in [1.29, 1.82) is 0 Å². The number of hydrogen-bond donors (Lipinski definition) is 1. The first-order chi connectivity index (χ1) is 9.10. The van der Waals surface area contributed by atoms with Crippen LogP contribution in [0.2, 0.25) is 0 Å². The number of halogens is 4. The van der Waals surface area contributed by atoms with Crippen LogP contribution in [0.4, 0.5) is 17.6 Å². The Morgan fingerprint density at radius 2 is 1.95 bits per heavy atom. The van der Waals surface area contributed by atoms with Gasteiger partial charge in [0, 0.05) is 5.92 Å². The SMILES string of the molecule is O=S1(=O)CCC(C(O)c2ccc(F)cc2C(F)(F)F)C1. The van der Waals surface area contributed by atoms with Crippen molar-refractivity contribution in [3.63, 3.8) is 0 Å². The van der Waals surface area contributed by atoms with Gasteiger partial charge in [-0.3, -0.25) is 0 Å². The molecule has 1 aromatic rings. The summed E-state index contributed by atoms with van der Waals surface area (Å²) in [5, 5.41) is 10.0. The molecule has 1 aromatic carbocycles. The van der Waals surface area contributed by atoms with Crippen molar-refractivity contribution in [1.82, 2.24) is 0 Å². The highest BCUT2D eigenvalue weighted by Gasteiger charge is 2.39. The predicted octanol–water partition coefficient (Wildman–Crippen LogP) is 2.31. The number of rotatable bonds is 2. The van der Waals surface area contributed by atoms with E-state index in [4.69, 9.17) is 0 Å². The van der Waals surface area contributed by atoms with Crippen LogP contribution >= 0.6 is 0 Å². The van der Waals surface area contributed by atoms with Crippen molar-refractivity contribution in [3.8, 4) is 0 Å². The number of hydrogen-bond acceptors (Lipinski definition) is 3. The first-order valence-electron chi connectivity index (χ1n) is 5.85. The van der Waals surface area contributed by atoms with Crippen molar-refractivity contribution in [3.05, 3.63) is 35.1 Å². The van der Waals surface area contributed by atoms with Gasteiger partial charge in [-0.25, -0.2) is 12.8 Å². The van der Waals surface area contributed by atoms with Crippen molar-refractivity contribution in [2.24, 2.45) is 5.92 Å². The quantitative estimate of drug-likeness (QED) is 0.853. The van der Waals surface area contributed by atoms with E-state index < -0.39 is 45.0 Å². The number of aliphatic hydroxyl groups is 1. The second-order valence-corrected chi connectivity index (χ2v) is 7.07. The molecule has 2 rings (SSSR count). The van der Waals surface area contributed by atoms with Gasteiger partial charge in [0.25, 0.3) is 0 Å². The van der Waals surface area contributed by atoms with E-state index in [1.165, 1.54) is 0 Å². The van der Waals surface area contributed by atoms with E-state index in [1.54, 1.807) is 0 Å². The summed E-state index contributed by atoms with van der Waals surface area (Å²) >= 11 is 0. The fraction of sp³-hybridized carbons (Fsp3) is 0.500. The Kier molecular flexibility index (Phi) is 3.81. The minimum absolute atomic E-state index is 0.0954. The standard InChI is InChI=1S/C12H12F4O3S/c13-8-1-2-9(10(5-8)12(14,15)16)11(17)7-3-4-20(18,19)6-7/h1-2,5,7,11,17H,3-4,6H2. The van der Waals surface area contributed by atoms with Gasteiger partial charge in [-0.15, -0.1) is 0 Å². The average Bonchev–Trinajstić information content (AvgIpc) is 2.67. The molecule has 1 aliphatic heterocycles. The molecule has 0 bridgehead atoms. The van der Waals surface area contributed by atoms with Crippen molar-refractivity contribution in [2.45, 2.75) is 18.7 Å². The lowest BCUT2D eigenvalue weighted by Gasteiger charge is -2.21. The Morgan fingerprint density at radius 1 is 1.30 bits per heavy atom. The van der Waals surface area contributed by atoms with E-state index in [0.29, 0.717) is 6.07 Å². The molecule has 0 radical (unpaired) electrons. The van der Waals surface area contributed by atoms with E-state index >= 15 is 0 Å². The molecular weight excluding hydrogens is 300 g/mol. The average molecular weight is 312 g/mol. The summed E-state index contributed by atoms with van der Waals surface area (Å²) in [6, 6.07) is 1.98. The van der Waals surface area contributed by atoms with Gasteiger partial charge in [-0.05, 0) is 24.1 Å². The van der Waals surface area contributed by atoms with Gasteiger partial charge >= 0.3 is 6.18 Å². The van der Waals surface area contributed by atoms with Gasteiger partial charge in [0.2, 0.25) is 0 Å². The van der Waals surface area contributed by atoms with Crippen LogP contribution in [0.5, 0.6) is 0 Å². The lowest BCUT2D eigenvalue weighted by Crippen LogP contribution is -2.19. The normalized spacial score (nSPS) is 23.8. The minimum atomic E-state index is -4.81. The van der Waals surface area contributed by atoms with Gasteiger partial charge in [-0.1, -0.05) is 6.07 Å². The van der Waals surface area contributed by atoms with Crippen LogP contribution in [0.25, 0.3) is 0 Å². The summed E-state index contributed by atoms with van der Waals surface area (Å²) in [7, 11) is -3.32. The third-order valence-corrected chi connectivity index (χ3v) is 5.15. The van der Waals surface area contributed by atoms with Crippen molar-refractivity contribution in [2.75, 3.05) is 11.5 Å². The van der Waals surface area contributed by atoms with Gasteiger partial charge in [-0.2, -0.15) is 13.2 Å². The maximum Gasteiger partial charge on any atom is 0.416 e. The predicted molar refractivity (Wildman–Crippen MR) is 63.1 cm³/mol. The molecule has 0 aromatic heterocycles. The van der Waals surface area contributed by atoms with Gasteiger partial charge < -0.3 is 5.11 Å². The minimum Gasteiger partial charge on any atom is -0.388 e. The summed E-state index contributed by atoms with van der Waals surface area (Å²) in [5.74, 6) is -2.38. The molecule has 1 fully saturated rings. The van der Waals surface area contributed by atoms with Crippen LogP contribution in [0.15, 0.2) is 18.2 Å². The first-order valence-corrected chi connectivity index (χ1v) is 7.67. The zero-order valence-electron chi connectivity index (χ0n) is 10.2. The van der Waals surface area contributed by atoms with E-state index in [0.717, 1.165) is 12.1 Å². The van der Waals surface area contributed by atoms with Crippen LogP contribution in [-0.2, 0) is 16.0 Å². The van der Waals surface area contributed by atoms with Crippen molar-refractivity contribution < 1.29 is 31.1 Å². The van der Waals surface area contributed by atoms with Crippen LogP contribution in [0.3, 0.4) is 0 Å². The summed E-state index contributed by atoms with van der Waals surface area (Å²) < 4.78 is 74.1. The third kappa shape index (κ3) is 3.12. The lowest BCUT2D eigenvalue weighted by atomic mass is 9.91. The molecule has 0 spiro atoms. The molecule has 0 aliphatic carbocycles. The highest BCUT2D eigenvalue weighted by Crippen LogP contribution is 2.39. The Bertz CT molecular complexity index is 610. The van der Waals surface area contributed by atoms with Gasteiger partial charge in [0.1, 0.15) is 5.82 Å². The second kappa shape index (κ2) is 5.00. The highest BCUT2D eigenvalue weighted by molar-refractivity contribution is 7.91. The Morgan fingerprint density at radius 3 is 2.45 bits per heavy atom. The maximum absolute atomic E-state index is 13.0. The lowest BCUT2D eigenvalue weighted by molar-refractivity contribution is -0.139. The summed E-state index contributed by atoms with van der Waals surface area (Å²) in [6.45, 7) is 0. The third-order valence-electron chi connectivity index (χ3n) is 3.35. The molecule has 1 N–H and O–H groups in total. The molecule has 2 atom stereocenters. The number of alkyl halides is 3. The van der Waals surface area contributed by atoms with Crippen LogP contribution in [0.1, 0.15) is 23.7 Å². The van der Waals surface area contributed by atoms with E-state index in [9.17, 15) is 31.1 Å². The summed E-state index contributed by atoms with van der Waals surface area (Å²) in [5.41, 5.74) is -1.75. The molecule has 0 amide bonds. The van der Waals surface area contributed by atoms with Gasteiger partial charge in [0.15, 0.2) is 9.84 Å². The largest absolute Gasteiger partial charge is 0.416 e. The van der Waals surface area contributed by atoms with Crippen LogP contribution in [0, 0.1) is 11.7 Å². The molecule has 1 heterocycles. The summed E-state index contributed by atoms with van der Waals surface area (Å²) in [4.78, 5) is 0. The molecule has 20 heavy (non-hydrogen) atoms. The molecule has 1 aliphatic rings.